The number of benzene rings is 2. The lowest BCUT2D eigenvalue weighted by atomic mass is 10.1. The third-order valence-corrected chi connectivity index (χ3v) is 7.49. The average molecular weight is 493 g/mol. The van der Waals surface area contributed by atoms with Crippen LogP contribution in [0.3, 0.4) is 0 Å². The van der Waals surface area contributed by atoms with Crippen molar-refractivity contribution in [2.45, 2.75) is 19.0 Å². The Kier molecular flexibility index (Phi) is 6.22. The molecule has 1 aliphatic rings. The summed E-state index contributed by atoms with van der Waals surface area (Å²) in [5.41, 5.74) is 0.233. The van der Waals surface area contributed by atoms with Gasteiger partial charge < -0.3 is 9.32 Å². The Morgan fingerprint density at radius 2 is 1.91 bits per heavy atom. The number of halogens is 2. The van der Waals surface area contributed by atoms with Crippen LogP contribution in [-0.2, 0) is 16.4 Å². The lowest BCUT2D eigenvalue weighted by molar-refractivity contribution is -0.384. The Bertz CT molecular complexity index is 1320. The van der Waals surface area contributed by atoms with Gasteiger partial charge in [0.25, 0.3) is 11.6 Å². The molecule has 1 amide bonds. The second-order valence-corrected chi connectivity index (χ2v) is 10.3. The molecule has 1 atom stereocenters. The van der Waals surface area contributed by atoms with E-state index in [9.17, 15) is 27.7 Å². The van der Waals surface area contributed by atoms with Gasteiger partial charge in [-0.2, -0.15) is 0 Å². The van der Waals surface area contributed by atoms with Crippen LogP contribution in [0.1, 0.15) is 22.5 Å². The molecule has 0 radical (unpaired) electrons. The van der Waals surface area contributed by atoms with Gasteiger partial charge >= 0.3 is 0 Å². The summed E-state index contributed by atoms with van der Waals surface area (Å²) in [5.74, 6) is -0.381. The predicted molar refractivity (Wildman–Crippen MR) is 119 cm³/mol. The summed E-state index contributed by atoms with van der Waals surface area (Å²) in [6.07, 6.45) is 0.245. The Morgan fingerprint density at radius 1 is 1.18 bits per heavy atom. The fraction of sp³-hybridized carbons (Fsp3) is 0.227. The lowest BCUT2D eigenvalue weighted by Gasteiger charge is -2.27. The Morgan fingerprint density at radius 3 is 2.55 bits per heavy atom. The topological polar surface area (TPSA) is 111 Å². The summed E-state index contributed by atoms with van der Waals surface area (Å²) in [5, 5.41) is 11.1. The number of amides is 1. The van der Waals surface area contributed by atoms with E-state index in [1.54, 1.807) is 24.3 Å². The van der Waals surface area contributed by atoms with Gasteiger partial charge in [-0.1, -0.05) is 11.6 Å². The zero-order valence-corrected chi connectivity index (χ0v) is 18.7. The molecule has 0 N–H and O–H groups in total. The second-order valence-electron chi connectivity index (χ2n) is 7.69. The van der Waals surface area contributed by atoms with E-state index in [4.69, 9.17) is 16.0 Å². The second kappa shape index (κ2) is 8.95. The Labute approximate surface area is 193 Å². The highest BCUT2D eigenvalue weighted by molar-refractivity contribution is 7.91. The third-order valence-electron chi connectivity index (χ3n) is 5.42. The maximum Gasteiger partial charge on any atom is 0.288 e. The van der Waals surface area contributed by atoms with Crippen molar-refractivity contribution in [3.8, 4) is 11.3 Å². The minimum absolute atomic E-state index is 0.0145. The van der Waals surface area contributed by atoms with Crippen LogP contribution in [0, 0.1) is 15.9 Å². The Balaban J connectivity index is 1.65. The highest BCUT2D eigenvalue weighted by Crippen LogP contribution is 2.29. The quantitative estimate of drug-likeness (QED) is 0.370. The molecular formula is C22H18ClFN2O6S. The molecule has 2 aromatic carbocycles. The third kappa shape index (κ3) is 5.07. The van der Waals surface area contributed by atoms with Crippen LogP contribution in [-0.4, -0.2) is 41.7 Å². The van der Waals surface area contributed by atoms with Crippen LogP contribution in [0.15, 0.2) is 59.0 Å². The first-order valence-corrected chi connectivity index (χ1v) is 12.1. The zero-order chi connectivity index (χ0) is 23.8. The summed E-state index contributed by atoms with van der Waals surface area (Å²) in [6.45, 7) is -0.0450. The molecule has 1 saturated heterocycles. The van der Waals surface area contributed by atoms with Crippen LogP contribution < -0.4 is 0 Å². The normalized spacial score (nSPS) is 17.1. The molecule has 0 aliphatic carbocycles. The number of nitrogens with zero attached hydrogens (tertiary/aromatic N) is 2. The largest absolute Gasteiger partial charge is 0.459 e. The smallest absolute Gasteiger partial charge is 0.288 e. The molecule has 0 unspecified atom stereocenters. The standard InChI is InChI=1S/C22H18ClFN2O6S/c23-19-7-3-15(11-20(19)26(28)29)22(27)25(17-9-10-33(30,31)13-17)12-18-6-8-21(32-18)14-1-4-16(24)5-2-14/h1-8,11,17H,9-10,12-13H2/t17-/m1/s1. The lowest BCUT2D eigenvalue weighted by Crippen LogP contribution is -2.40. The van der Waals surface area contributed by atoms with Gasteiger partial charge in [0.2, 0.25) is 0 Å². The van der Waals surface area contributed by atoms with Crippen molar-refractivity contribution in [2.75, 3.05) is 11.5 Å². The number of hydrogen-bond donors (Lipinski definition) is 0. The van der Waals surface area contributed by atoms with Gasteiger partial charge in [-0.25, -0.2) is 12.8 Å². The van der Waals surface area contributed by atoms with E-state index >= 15 is 0 Å². The van der Waals surface area contributed by atoms with Gasteiger partial charge in [0.15, 0.2) is 9.84 Å². The summed E-state index contributed by atoms with van der Waals surface area (Å²) in [7, 11) is -3.31. The number of furan rings is 1. The molecule has 33 heavy (non-hydrogen) atoms. The first-order valence-electron chi connectivity index (χ1n) is 9.93. The summed E-state index contributed by atoms with van der Waals surface area (Å²) < 4.78 is 43.1. The summed E-state index contributed by atoms with van der Waals surface area (Å²) in [4.78, 5) is 25.2. The van der Waals surface area contributed by atoms with Crippen molar-refractivity contribution in [2.24, 2.45) is 0 Å². The van der Waals surface area contributed by atoms with E-state index in [1.165, 1.54) is 29.2 Å². The van der Waals surface area contributed by atoms with Crippen molar-refractivity contribution in [3.63, 3.8) is 0 Å². The molecule has 0 bridgehead atoms. The van der Waals surface area contributed by atoms with Gasteiger partial charge in [-0.3, -0.25) is 14.9 Å². The fourth-order valence-electron chi connectivity index (χ4n) is 3.74. The number of rotatable bonds is 6. The SMILES string of the molecule is O=C(c1ccc(Cl)c([N+](=O)[O-])c1)N(Cc1ccc(-c2ccc(F)cc2)o1)[C@@H]1CCS(=O)(=O)C1. The number of carbonyl (C=O) groups is 1. The van der Waals surface area contributed by atoms with Crippen LogP contribution >= 0.6 is 11.6 Å². The van der Waals surface area contributed by atoms with E-state index in [0.29, 0.717) is 17.1 Å². The Hall–Kier alpha value is -3.24. The maximum atomic E-state index is 13.3. The average Bonchev–Trinajstić information content (AvgIpc) is 3.38. The highest BCUT2D eigenvalue weighted by atomic mass is 35.5. The van der Waals surface area contributed by atoms with Crippen molar-refractivity contribution in [1.29, 1.82) is 0 Å². The van der Waals surface area contributed by atoms with Crippen molar-refractivity contribution in [3.05, 3.63) is 86.9 Å². The zero-order valence-electron chi connectivity index (χ0n) is 17.1. The maximum absolute atomic E-state index is 13.3. The van der Waals surface area contributed by atoms with Gasteiger partial charge in [0.1, 0.15) is 22.4 Å². The molecule has 1 aromatic heterocycles. The van der Waals surface area contributed by atoms with Gasteiger partial charge in [0, 0.05) is 23.2 Å². The molecule has 11 heteroatoms. The van der Waals surface area contributed by atoms with E-state index < -0.39 is 32.4 Å². The predicted octanol–water partition coefficient (Wildman–Crippen LogP) is 4.48. The first kappa shape index (κ1) is 22.9. The van der Waals surface area contributed by atoms with Crippen LogP contribution in [0.5, 0.6) is 0 Å². The van der Waals surface area contributed by atoms with Gasteiger partial charge in [-0.05, 0) is 55.0 Å². The molecule has 172 valence electrons. The van der Waals surface area contributed by atoms with Crippen LogP contribution in [0.2, 0.25) is 5.02 Å². The number of nitro benzene ring substituents is 1. The minimum atomic E-state index is -3.31. The molecule has 1 fully saturated rings. The van der Waals surface area contributed by atoms with Crippen molar-refractivity contribution >= 4 is 33.0 Å². The fourth-order valence-corrected chi connectivity index (χ4v) is 5.66. The molecule has 2 heterocycles. The van der Waals surface area contributed by atoms with E-state index in [1.807, 2.05) is 0 Å². The number of sulfone groups is 1. The molecule has 0 saturated carbocycles. The molecule has 4 rings (SSSR count). The van der Waals surface area contributed by atoms with Crippen molar-refractivity contribution < 1.29 is 26.9 Å². The molecule has 1 aliphatic heterocycles. The molecule has 8 nitrogen and oxygen atoms in total. The molecular weight excluding hydrogens is 475 g/mol. The summed E-state index contributed by atoms with van der Waals surface area (Å²) >= 11 is 5.86. The van der Waals surface area contributed by atoms with Gasteiger partial charge in [-0.15, -0.1) is 0 Å². The summed E-state index contributed by atoms with van der Waals surface area (Å²) in [6, 6.07) is 12.1. The van der Waals surface area contributed by atoms with E-state index in [2.05, 4.69) is 0 Å². The van der Waals surface area contributed by atoms with Crippen LogP contribution in [0.4, 0.5) is 10.1 Å². The first-order chi connectivity index (χ1) is 15.6. The number of carbonyl (C=O) groups excluding carboxylic acids is 1. The van der Waals surface area contributed by atoms with Gasteiger partial charge in [0.05, 0.1) is 23.0 Å². The van der Waals surface area contributed by atoms with E-state index in [0.717, 1.165) is 6.07 Å². The van der Waals surface area contributed by atoms with E-state index in [-0.39, 0.29) is 40.9 Å². The molecule has 3 aromatic rings. The monoisotopic (exact) mass is 492 g/mol. The molecule has 0 spiro atoms. The number of hydrogen-bond acceptors (Lipinski definition) is 6. The number of nitro groups is 1. The van der Waals surface area contributed by atoms with Crippen molar-refractivity contribution in [1.82, 2.24) is 4.90 Å². The minimum Gasteiger partial charge on any atom is -0.459 e. The highest BCUT2D eigenvalue weighted by Gasteiger charge is 2.36. The van der Waals surface area contributed by atoms with Crippen LogP contribution in [0.25, 0.3) is 11.3 Å².